The van der Waals surface area contributed by atoms with Crippen LogP contribution in [0.1, 0.15) is 35.8 Å². The van der Waals surface area contributed by atoms with E-state index in [0.29, 0.717) is 18.0 Å². The second-order valence-corrected chi connectivity index (χ2v) is 6.16. The maximum Gasteiger partial charge on any atom is 0.417 e. The van der Waals surface area contributed by atoms with Crippen molar-refractivity contribution in [2.45, 2.75) is 32.2 Å². The van der Waals surface area contributed by atoms with E-state index < -0.39 is 35.2 Å². The second kappa shape index (κ2) is 6.57. The largest absolute Gasteiger partial charge is 0.479 e. The Balaban J connectivity index is 1.94. The molecule has 1 N–H and O–H groups in total. The summed E-state index contributed by atoms with van der Waals surface area (Å²) in [5.41, 5.74) is -1.34. The molecule has 142 valence electrons. The highest BCUT2D eigenvalue weighted by molar-refractivity contribution is 6.02. The Morgan fingerprint density at radius 1 is 1.22 bits per heavy atom. The second-order valence-electron chi connectivity index (χ2n) is 6.16. The first-order chi connectivity index (χ1) is 12.6. The molecule has 1 aromatic heterocycles. The molecular formula is C18H15F3N2O4. The maximum absolute atomic E-state index is 12.9. The molecule has 9 heteroatoms. The van der Waals surface area contributed by atoms with Gasteiger partial charge in [0.1, 0.15) is 5.75 Å². The topological polar surface area (TPSA) is 77.4 Å². The Morgan fingerprint density at radius 2 is 1.93 bits per heavy atom. The van der Waals surface area contributed by atoms with Gasteiger partial charge in [0.05, 0.1) is 17.3 Å². The number of benzene rings is 1. The average molecular weight is 380 g/mol. The lowest BCUT2D eigenvalue weighted by molar-refractivity contribution is -0.138. The molecule has 0 saturated carbocycles. The third-order valence-electron chi connectivity index (χ3n) is 4.26. The highest BCUT2D eigenvalue weighted by Gasteiger charge is 2.32. The molecule has 1 aliphatic rings. The molecule has 3 rings (SSSR count). The van der Waals surface area contributed by atoms with E-state index in [-0.39, 0.29) is 17.2 Å². The molecule has 6 nitrogen and oxygen atoms in total. The van der Waals surface area contributed by atoms with Crippen LogP contribution in [0.5, 0.6) is 5.75 Å². The first-order valence-corrected chi connectivity index (χ1v) is 8.03. The fourth-order valence-corrected chi connectivity index (χ4v) is 2.70. The van der Waals surface area contributed by atoms with Gasteiger partial charge in [0.25, 0.3) is 11.5 Å². The number of carbonyl (C=O) groups excluding carboxylic acids is 2. The lowest BCUT2D eigenvalue weighted by Gasteiger charge is -2.24. The van der Waals surface area contributed by atoms with Crippen LogP contribution >= 0.6 is 0 Å². The maximum atomic E-state index is 12.9. The van der Waals surface area contributed by atoms with Crippen LogP contribution in [0.4, 0.5) is 18.9 Å². The summed E-state index contributed by atoms with van der Waals surface area (Å²) in [5.74, 6) is -0.580. The predicted molar refractivity (Wildman–Crippen MR) is 89.9 cm³/mol. The highest BCUT2D eigenvalue weighted by Crippen LogP contribution is 2.32. The number of Topliss-reactive ketones (excluding diaryl/α,β-unsaturated/α-hetero) is 1. The fourth-order valence-electron chi connectivity index (χ4n) is 2.70. The van der Waals surface area contributed by atoms with Crippen LogP contribution in [-0.4, -0.2) is 22.4 Å². The Morgan fingerprint density at radius 3 is 2.59 bits per heavy atom. The van der Waals surface area contributed by atoms with Crippen LogP contribution in [0.25, 0.3) is 0 Å². The molecule has 0 fully saturated rings. The Bertz CT molecular complexity index is 981. The van der Waals surface area contributed by atoms with Crippen molar-refractivity contribution in [1.82, 2.24) is 4.57 Å². The fraction of sp³-hybridized carbons (Fsp3) is 0.278. The van der Waals surface area contributed by atoms with Crippen molar-refractivity contribution >= 4 is 17.4 Å². The number of hydrogen-bond donors (Lipinski definition) is 1. The molecule has 27 heavy (non-hydrogen) atoms. The number of fused-ring (bicyclic) bond motifs is 1. The van der Waals surface area contributed by atoms with E-state index in [1.54, 1.807) is 6.92 Å². The first kappa shape index (κ1) is 18.7. The van der Waals surface area contributed by atoms with E-state index in [0.717, 1.165) is 10.6 Å². The van der Waals surface area contributed by atoms with Gasteiger partial charge in [-0.2, -0.15) is 13.2 Å². The zero-order valence-electron chi connectivity index (χ0n) is 14.3. The van der Waals surface area contributed by atoms with Crippen LogP contribution < -0.4 is 15.6 Å². The molecule has 2 heterocycles. The zero-order valence-corrected chi connectivity index (χ0v) is 14.3. The lowest BCUT2D eigenvalue weighted by atomic mass is 10.0. The number of rotatable bonds is 3. The van der Waals surface area contributed by atoms with Crippen LogP contribution in [0.3, 0.4) is 0 Å². The number of amides is 1. The normalized spacial score (nSPS) is 17.5. The summed E-state index contributed by atoms with van der Waals surface area (Å²) in [6.45, 7) is 2.90. The van der Waals surface area contributed by atoms with Gasteiger partial charge in [-0.1, -0.05) is 0 Å². The zero-order chi connectivity index (χ0) is 19.9. The number of nitrogens with one attached hydrogen (secondary N) is 1. The predicted octanol–water partition coefficient (Wildman–Crippen LogP) is 3.03. The molecule has 0 aliphatic carbocycles. The average Bonchev–Trinajstić information content (AvgIpc) is 2.60. The van der Waals surface area contributed by atoms with Gasteiger partial charge >= 0.3 is 6.18 Å². The van der Waals surface area contributed by atoms with Crippen molar-refractivity contribution in [1.29, 1.82) is 0 Å². The minimum Gasteiger partial charge on any atom is -0.479 e. The van der Waals surface area contributed by atoms with E-state index in [1.165, 1.54) is 25.1 Å². The van der Waals surface area contributed by atoms with Crippen molar-refractivity contribution in [2.24, 2.45) is 0 Å². The first-order valence-electron chi connectivity index (χ1n) is 8.03. The summed E-state index contributed by atoms with van der Waals surface area (Å²) in [5, 5.41) is 2.59. The standard InChI is InChI=1S/C18H15F3N2O4/c1-9(23-8-12(18(19,20)21)4-6-15(23)24)16(25)11-3-5-14-13(7-11)22-17(26)10(2)27-14/h3-10H,1-2H3,(H,22,26). The monoisotopic (exact) mass is 380 g/mol. The van der Waals surface area contributed by atoms with Crippen molar-refractivity contribution < 1.29 is 27.5 Å². The Kier molecular flexibility index (Phi) is 4.54. The molecule has 2 atom stereocenters. The van der Waals surface area contributed by atoms with Gasteiger partial charge in [0, 0.05) is 17.8 Å². The summed E-state index contributed by atoms with van der Waals surface area (Å²) >= 11 is 0. The number of ether oxygens (including phenoxy) is 1. The molecule has 2 aromatic rings. The Hall–Kier alpha value is -3.10. The van der Waals surface area contributed by atoms with Crippen molar-refractivity contribution in [3.05, 3.63) is 58.0 Å². The van der Waals surface area contributed by atoms with E-state index >= 15 is 0 Å². The molecule has 0 bridgehead atoms. The molecule has 0 saturated heterocycles. The van der Waals surface area contributed by atoms with Gasteiger partial charge in [-0.05, 0) is 38.1 Å². The van der Waals surface area contributed by atoms with Crippen LogP contribution in [0.2, 0.25) is 0 Å². The molecule has 2 unspecified atom stereocenters. The van der Waals surface area contributed by atoms with Crippen LogP contribution in [-0.2, 0) is 11.0 Å². The molecule has 1 aliphatic heterocycles. The Labute approximate surface area is 151 Å². The summed E-state index contributed by atoms with van der Waals surface area (Å²) in [4.78, 5) is 36.3. The molecule has 0 spiro atoms. The minimum absolute atomic E-state index is 0.129. The van der Waals surface area contributed by atoms with E-state index in [9.17, 15) is 27.6 Å². The van der Waals surface area contributed by atoms with Crippen LogP contribution in [0.15, 0.2) is 41.3 Å². The number of carbonyl (C=O) groups is 2. The number of ketones is 1. The lowest BCUT2D eigenvalue weighted by Crippen LogP contribution is -2.34. The number of pyridine rings is 1. The van der Waals surface area contributed by atoms with Gasteiger partial charge in [-0.15, -0.1) is 0 Å². The van der Waals surface area contributed by atoms with Gasteiger partial charge in [0.15, 0.2) is 11.9 Å². The van der Waals surface area contributed by atoms with E-state index in [1.807, 2.05) is 0 Å². The number of alkyl halides is 3. The van der Waals surface area contributed by atoms with Gasteiger partial charge in [-0.3, -0.25) is 14.4 Å². The molecular weight excluding hydrogens is 365 g/mol. The quantitative estimate of drug-likeness (QED) is 0.831. The highest BCUT2D eigenvalue weighted by atomic mass is 19.4. The molecule has 1 aromatic carbocycles. The van der Waals surface area contributed by atoms with Gasteiger partial charge < -0.3 is 14.6 Å². The van der Waals surface area contributed by atoms with Gasteiger partial charge in [-0.25, -0.2) is 0 Å². The number of halogens is 3. The van der Waals surface area contributed by atoms with Crippen molar-refractivity contribution in [3.8, 4) is 5.75 Å². The summed E-state index contributed by atoms with van der Waals surface area (Å²) in [6, 6.07) is 4.56. The van der Waals surface area contributed by atoms with Gasteiger partial charge in [0.2, 0.25) is 0 Å². The number of aromatic nitrogens is 1. The molecule has 1 amide bonds. The van der Waals surface area contributed by atoms with Crippen molar-refractivity contribution in [2.75, 3.05) is 5.32 Å². The SMILES string of the molecule is CC1Oc2ccc(C(=O)C(C)n3cc(C(F)(F)F)ccc3=O)cc2NC1=O. The summed E-state index contributed by atoms with van der Waals surface area (Å²) in [7, 11) is 0. The summed E-state index contributed by atoms with van der Waals surface area (Å²) in [6.07, 6.45) is -4.69. The summed E-state index contributed by atoms with van der Waals surface area (Å²) < 4.78 is 44.8. The minimum atomic E-state index is -4.64. The third-order valence-corrected chi connectivity index (χ3v) is 4.26. The molecule has 0 radical (unpaired) electrons. The smallest absolute Gasteiger partial charge is 0.417 e. The number of anilines is 1. The number of hydrogen-bond acceptors (Lipinski definition) is 4. The van der Waals surface area contributed by atoms with E-state index in [2.05, 4.69) is 5.32 Å². The van der Waals surface area contributed by atoms with Crippen LogP contribution in [0, 0.1) is 0 Å². The van der Waals surface area contributed by atoms with E-state index in [4.69, 9.17) is 4.74 Å². The third kappa shape index (κ3) is 3.57. The number of nitrogens with zero attached hydrogens (tertiary/aromatic N) is 1. The van der Waals surface area contributed by atoms with Crippen molar-refractivity contribution in [3.63, 3.8) is 0 Å².